The van der Waals surface area contributed by atoms with Gasteiger partial charge in [0.1, 0.15) is 0 Å². The first-order valence-corrected chi connectivity index (χ1v) is 9.68. The van der Waals surface area contributed by atoms with Gasteiger partial charge in [-0.05, 0) is 33.6 Å². The van der Waals surface area contributed by atoms with Gasteiger partial charge < -0.3 is 4.90 Å². The molecule has 1 fully saturated rings. The largest absolute Gasteiger partial charge is 0.340 e. The number of carbonyl (C=O) groups is 1. The highest BCUT2D eigenvalue weighted by atomic mass is 79.9. The minimum Gasteiger partial charge on any atom is -0.340 e. The summed E-state index contributed by atoms with van der Waals surface area (Å²) >= 11 is 15.5. The van der Waals surface area contributed by atoms with Crippen LogP contribution in [0.3, 0.4) is 0 Å². The molecule has 1 aromatic carbocycles. The summed E-state index contributed by atoms with van der Waals surface area (Å²) < 4.78 is 2.70. The number of halogens is 3. The van der Waals surface area contributed by atoms with Gasteiger partial charge in [0.05, 0.1) is 10.7 Å². The third kappa shape index (κ3) is 5.20. The second-order valence-corrected chi connectivity index (χ2v) is 7.82. The Balaban J connectivity index is 1.45. The molecule has 1 amide bonds. The van der Waals surface area contributed by atoms with Gasteiger partial charge in [0.2, 0.25) is 5.91 Å². The Morgan fingerprint density at radius 2 is 1.96 bits per heavy atom. The van der Waals surface area contributed by atoms with Crippen LogP contribution >= 0.6 is 39.1 Å². The Hall–Kier alpha value is -1.08. The number of amides is 1. The Labute approximate surface area is 165 Å². The number of benzene rings is 1. The maximum atomic E-state index is 12.4. The molecule has 2 aromatic rings. The van der Waals surface area contributed by atoms with Crippen molar-refractivity contribution in [1.82, 2.24) is 19.6 Å². The molecule has 0 saturated carbocycles. The predicted molar refractivity (Wildman–Crippen MR) is 103 cm³/mol. The van der Waals surface area contributed by atoms with Crippen molar-refractivity contribution in [3.05, 3.63) is 50.7 Å². The highest BCUT2D eigenvalue weighted by molar-refractivity contribution is 9.10. The van der Waals surface area contributed by atoms with Crippen molar-refractivity contribution in [3.8, 4) is 0 Å². The Kier molecular flexibility index (Phi) is 6.39. The Morgan fingerprint density at radius 3 is 2.60 bits per heavy atom. The van der Waals surface area contributed by atoms with Crippen LogP contribution in [-0.2, 0) is 17.9 Å². The van der Waals surface area contributed by atoms with Gasteiger partial charge in [0, 0.05) is 61.9 Å². The molecule has 1 aliphatic rings. The fraction of sp³-hybridized carbons (Fsp3) is 0.412. The molecule has 2 heterocycles. The van der Waals surface area contributed by atoms with Crippen LogP contribution in [0, 0.1) is 0 Å². The molecule has 0 atom stereocenters. The lowest BCUT2D eigenvalue weighted by Crippen LogP contribution is -2.48. The number of hydrogen-bond donors (Lipinski definition) is 0. The van der Waals surface area contributed by atoms with Gasteiger partial charge in [-0.2, -0.15) is 5.10 Å². The molecule has 5 nitrogen and oxygen atoms in total. The molecule has 3 rings (SSSR count). The van der Waals surface area contributed by atoms with Crippen LogP contribution < -0.4 is 0 Å². The van der Waals surface area contributed by atoms with Gasteiger partial charge in [0.25, 0.3) is 0 Å². The van der Waals surface area contributed by atoms with Crippen LogP contribution in [0.2, 0.25) is 10.0 Å². The molecule has 0 aliphatic carbocycles. The van der Waals surface area contributed by atoms with E-state index in [0.29, 0.717) is 23.0 Å². The van der Waals surface area contributed by atoms with E-state index < -0.39 is 0 Å². The second-order valence-electron chi connectivity index (χ2n) is 6.06. The standard InChI is InChI=1S/C17H19BrCl2N4O/c18-14-10-21-24(12-14)4-3-17(25)23-7-5-22(6-8-23)11-13-1-2-15(19)9-16(13)20/h1-2,9-10,12H,3-8,11H2. The predicted octanol–water partition coefficient (Wildman–Crippen LogP) is 3.69. The van der Waals surface area contributed by atoms with Crippen LogP contribution in [0.4, 0.5) is 0 Å². The van der Waals surface area contributed by atoms with Crippen molar-refractivity contribution in [2.24, 2.45) is 0 Å². The minimum atomic E-state index is 0.177. The van der Waals surface area contributed by atoms with E-state index in [0.717, 1.165) is 42.8 Å². The summed E-state index contributed by atoms with van der Waals surface area (Å²) in [7, 11) is 0. The van der Waals surface area contributed by atoms with Gasteiger partial charge in [-0.3, -0.25) is 14.4 Å². The lowest BCUT2D eigenvalue weighted by atomic mass is 10.2. The smallest absolute Gasteiger partial charge is 0.224 e. The first-order valence-electron chi connectivity index (χ1n) is 8.13. The molecule has 0 radical (unpaired) electrons. The average Bonchev–Trinajstić information content (AvgIpc) is 3.01. The van der Waals surface area contributed by atoms with Crippen molar-refractivity contribution in [3.63, 3.8) is 0 Å². The average molecular weight is 446 g/mol. The normalized spacial score (nSPS) is 15.6. The van der Waals surface area contributed by atoms with Crippen LogP contribution in [0.5, 0.6) is 0 Å². The number of carbonyl (C=O) groups excluding carboxylic acids is 1. The van der Waals surface area contributed by atoms with Gasteiger partial charge >= 0.3 is 0 Å². The lowest BCUT2D eigenvalue weighted by molar-refractivity contribution is -0.133. The number of rotatable bonds is 5. The van der Waals surface area contributed by atoms with E-state index in [1.165, 1.54) is 0 Å². The van der Waals surface area contributed by atoms with E-state index in [9.17, 15) is 4.79 Å². The number of hydrogen-bond acceptors (Lipinski definition) is 3. The first kappa shape index (κ1) is 18.7. The zero-order chi connectivity index (χ0) is 17.8. The Morgan fingerprint density at radius 1 is 1.20 bits per heavy atom. The summed E-state index contributed by atoms with van der Waals surface area (Å²) in [4.78, 5) is 16.6. The number of nitrogens with zero attached hydrogens (tertiary/aromatic N) is 4. The molecule has 1 aromatic heterocycles. The lowest BCUT2D eigenvalue weighted by Gasteiger charge is -2.35. The van der Waals surface area contributed by atoms with Crippen LogP contribution in [0.1, 0.15) is 12.0 Å². The number of aryl methyl sites for hydroxylation is 1. The van der Waals surface area contributed by atoms with Crippen molar-refractivity contribution < 1.29 is 4.79 Å². The van der Waals surface area contributed by atoms with E-state index in [4.69, 9.17) is 23.2 Å². The second kappa shape index (κ2) is 8.54. The van der Waals surface area contributed by atoms with E-state index >= 15 is 0 Å². The fourth-order valence-corrected chi connectivity index (χ4v) is 3.67. The van der Waals surface area contributed by atoms with Gasteiger partial charge in [-0.15, -0.1) is 0 Å². The summed E-state index contributed by atoms with van der Waals surface area (Å²) in [6.07, 6.45) is 4.07. The zero-order valence-corrected chi connectivity index (χ0v) is 16.8. The summed E-state index contributed by atoms with van der Waals surface area (Å²) in [5, 5.41) is 5.51. The van der Waals surface area contributed by atoms with E-state index in [2.05, 4.69) is 25.9 Å². The third-order valence-corrected chi connectivity index (χ3v) is 5.29. The highest BCUT2D eigenvalue weighted by Gasteiger charge is 2.21. The topological polar surface area (TPSA) is 41.4 Å². The zero-order valence-electron chi connectivity index (χ0n) is 13.7. The monoisotopic (exact) mass is 444 g/mol. The molecule has 134 valence electrons. The number of piperazine rings is 1. The molecule has 0 unspecified atom stereocenters. The maximum absolute atomic E-state index is 12.4. The van der Waals surface area contributed by atoms with Crippen molar-refractivity contribution >= 4 is 45.0 Å². The molecular formula is C17H19BrCl2N4O. The van der Waals surface area contributed by atoms with Gasteiger partial charge in [0.15, 0.2) is 0 Å². The van der Waals surface area contributed by atoms with Crippen LogP contribution in [0.15, 0.2) is 35.1 Å². The van der Waals surface area contributed by atoms with Crippen molar-refractivity contribution in [1.29, 1.82) is 0 Å². The van der Waals surface area contributed by atoms with Crippen molar-refractivity contribution in [2.45, 2.75) is 19.5 Å². The summed E-state index contributed by atoms with van der Waals surface area (Å²) in [6.45, 7) is 4.56. The van der Waals surface area contributed by atoms with Crippen LogP contribution in [-0.4, -0.2) is 51.7 Å². The molecule has 0 spiro atoms. The molecule has 1 aliphatic heterocycles. The molecular weight excluding hydrogens is 427 g/mol. The van der Waals surface area contributed by atoms with Gasteiger partial charge in [-0.1, -0.05) is 29.3 Å². The third-order valence-electron chi connectivity index (χ3n) is 4.29. The van der Waals surface area contributed by atoms with Gasteiger partial charge in [-0.25, -0.2) is 0 Å². The summed E-state index contributed by atoms with van der Waals surface area (Å²) in [6, 6.07) is 5.59. The summed E-state index contributed by atoms with van der Waals surface area (Å²) in [5.41, 5.74) is 1.06. The molecule has 1 saturated heterocycles. The quantitative estimate of drug-likeness (QED) is 0.704. The molecule has 8 heteroatoms. The maximum Gasteiger partial charge on any atom is 0.224 e. The number of aromatic nitrogens is 2. The molecule has 0 bridgehead atoms. The fourth-order valence-electron chi connectivity index (χ4n) is 2.88. The highest BCUT2D eigenvalue weighted by Crippen LogP contribution is 2.22. The van der Waals surface area contributed by atoms with E-state index in [1.807, 2.05) is 23.2 Å². The summed E-state index contributed by atoms with van der Waals surface area (Å²) in [5.74, 6) is 0.177. The molecule has 0 N–H and O–H groups in total. The minimum absolute atomic E-state index is 0.177. The van der Waals surface area contributed by atoms with Crippen molar-refractivity contribution in [2.75, 3.05) is 26.2 Å². The van der Waals surface area contributed by atoms with E-state index in [1.54, 1.807) is 16.9 Å². The van der Waals surface area contributed by atoms with Crippen LogP contribution in [0.25, 0.3) is 0 Å². The first-order chi connectivity index (χ1) is 12.0. The van der Waals surface area contributed by atoms with E-state index in [-0.39, 0.29) is 5.91 Å². The SMILES string of the molecule is O=C(CCn1cc(Br)cn1)N1CCN(Cc2ccc(Cl)cc2Cl)CC1. The molecule has 25 heavy (non-hydrogen) atoms. The Bertz CT molecular complexity index is 744.